The molecule has 1 aliphatic heterocycles. The molecule has 2 heterocycles. The maximum atomic E-state index is 12.2. The molecule has 1 N–H and O–H groups in total. The highest BCUT2D eigenvalue weighted by Gasteiger charge is 2.28. The Labute approximate surface area is 144 Å². The van der Waals surface area contributed by atoms with Crippen molar-refractivity contribution in [1.29, 1.82) is 0 Å². The van der Waals surface area contributed by atoms with E-state index in [1.54, 1.807) is 0 Å². The first-order valence-corrected chi connectivity index (χ1v) is 8.09. The fourth-order valence-electron chi connectivity index (χ4n) is 2.60. The molecular weight excluding hydrogens is 326 g/mol. The number of morpholine rings is 1. The molecule has 132 valence electrons. The molecule has 1 fully saturated rings. The molecule has 1 atom stereocenters. The van der Waals surface area contributed by atoms with Crippen LogP contribution in [0, 0.1) is 0 Å². The minimum absolute atomic E-state index is 0.0852. The molecule has 1 saturated heterocycles. The second kappa shape index (κ2) is 7.84. The fourth-order valence-corrected chi connectivity index (χ4v) is 2.60. The average molecular weight is 345 g/mol. The first-order valence-electron chi connectivity index (χ1n) is 8.09. The van der Waals surface area contributed by atoms with Gasteiger partial charge < -0.3 is 14.7 Å². The molecule has 25 heavy (non-hydrogen) atoms. The van der Waals surface area contributed by atoms with Crippen LogP contribution in [0.1, 0.15) is 12.8 Å². The number of nitrogens with zero attached hydrogens (tertiary/aromatic N) is 5. The summed E-state index contributed by atoms with van der Waals surface area (Å²) >= 11 is 0. The van der Waals surface area contributed by atoms with Crippen molar-refractivity contribution >= 4 is 11.9 Å². The van der Waals surface area contributed by atoms with Crippen LogP contribution in [-0.4, -0.2) is 67.9 Å². The Kier molecular flexibility index (Phi) is 5.34. The van der Waals surface area contributed by atoms with Crippen LogP contribution in [-0.2, 0) is 20.9 Å². The molecule has 0 bridgehead atoms. The van der Waals surface area contributed by atoms with E-state index in [-0.39, 0.29) is 19.1 Å². The van der Waals surface area contributed by atoms with Gasteiger partial charge in [-0.2, -0.15) is 4.80 Å². The summed E-state index contributed by atoms with van der Waals surface area (Å²) in [6, 6.07) is 9.53. The maximum absolute atomic E-state index is 12.2. The van der Waals surface area contributed by atoms with Crippen LogP contribution in [0.2, 0.25) is 0 Å². The van der Waals surface area contributed by atoms with Gasteiger partial charge in [0, 0.05) is 18.5 Å². The van der Waals surface area contributed by atoms with Crippen LogP contribution >= 0.6 is 0 Å². The number of hydrogen-bond acceptors (Lipinski definition) is 6. The van der Waals surface area contributed by atoms with E-state index in [4.69, 9.17) is 9.84 Å². The Hall–Kier alpha value is -2.81. The van der Waals surface area contributed by atoms with Crippen molar-refractivity contribution in [3.63, 3.8) is 0 Å². The van der Waals surface area contributed by atoms with Crippen LogP contribution in [0.25, 0.3) is 11.4 Å². The summed E-state index contributed by atoms with van der Waals surface area (Å²) in [4.78, 5) is 26.1. The van der Waals surface area contributed by atoms with Crippen molar-refractivity contribution in [3.8, 4) is 11.4 Å². The lowest BCUT2D eigenvalue weighted by Crippen LogP contribution is -2.48. The zero-order chi connectivity index (χ0) is 17.6. The van der Waals surface area contributed by atoms with Crippen molar-refractivity contribution in [2.24, 2.45) is 0 Å². The van der Waals surface area contributed by atoms with Crippen molar-refractivity contribution in [3.05, 3.63) is 30.3 Å². The molecule has 0 saturated carbocycles. The quantitative estimate of drug-likeness (QED) is 0.808. The summed E-state index contributed by atoms with van der Waals surface area (Å²) in [5.74, 6) is -0.583. The Morgan fingerprint density at radius 1 is 1.28 bits per heavy atom. The number of ether oxygens (including phenoxy) is 1. The van der Waals surface area contributed by atoms with Crippen LogP contribution in [0.5, 0.6) is 0 Å². The Morgan fingerprint density at radius 3 is 2.84 bits per heavy atom. The van der Waals surface area contributed by atoms with Gasteiger partial charge in [0.15, 0.2) is 6.10 Å². The zero-order valence-electron chi connectivity index (χ0n) is 13.6. The second-order valence-electron chi connectivity index (χ2n) is 5.72. The number of carbonyl (C=O) groups is 2. The van der Waals surface area contributed by atoms with Crippen molar-refractivity contribution in [2.75, 3.05) is 19.7 Å². The topological polar surface area (TPSA) is 110 Å². The second-order valence-corrected chi connectivity index (χ2v) is 5.72. The van der Waals surface area contributed by atoms with E-state index in [1.807, 2.05) is 30.3 Å². The van der Waals surface area contributed by atoms with Gasteiger partial charge in [0.2, 0.25) is 11.7 Å². The van der Waals surface area contributed by atoms with Crippen LogP contribution in [0.15, 0.2) is 30.3 Å². The number of amides is 1. The summed E-state index contributed by atoms with van der Waals surface area (Å²) in [5.41, 5.74) is 0.887. The van der Waals surface area contributed by atoms with Gasteiger partial charge in [-0.05, 0) is 11.6 Å². The van der Waals surface area contributed by atoms with Gasteiger partial charge in [-0.3, -0.25) is 4.79 Å². The molecule has 1 aliphatic rings. The minimum atomic E-state index is -1.04. The number of benzene rings is 1. The largest absolute Gasteiger partial charge is 0.479 e. The molecule has 1 aromatic carbocycles. The number of carbonyl (C=O) groups excluding carboxylic acids is 1. The van der Waals surface area contributed by atoms with E-state index in [0.29, 0.717) is 31.8 Å². The van der Waals surface area contributed by atoms with Gasteiger partial charge in [0.05, 0.1) is 19.7 Å². The van der Waals surface area contributed by atoms with Crippen LogP contribution < -0.4 is 0 Å². The monoisotopic (exact) mass is 345 g/mol. The lowest BCUT2D eigenvalue weighted by molar-refractivity contribution is -0.159. The van der Waals surface area contributed by atoms with Crippen LogP contribution in [0.4, 0.5) is 0 Å². The van der Waals surface area contributed by atoms with Gasteiger partial charge in [0.1, 0.15) is 0 Å². The fraction of sp³-hybridized carbons (Fsp3) is 0.438. The molecule has 2 aromatic rings. The van der Waals surface area contributed by atoms with Gasteiger partial charge in [-0.1, -0.05) is 30.3 Å². The first kappa shape index (κ1) is 17.0. The third-order valence-corrected chi connectivity index (χ3v) is 3.93. The number of tetrazole rings is 1. The molecule has 0 aliphatic carbocycles. The normalized spacial score (nSPS) is 17.4. The Morgan fingerprint density at radius 2 is 2.08 bits per heavy atom. The van der Waals surface area contributed by atoms with Gasteiger partial charge in [-0.15, -0.1) is 10.2 Å². The summed E-state index contributed by atoms with van der Waals surface area (Å²) < 4.78 is 5.11. The van der Waals surface area contributed by atoms with E-state index in [9.17, 15) is 9.59 Å². The van der Waals surface area contributed by atoms with E-state index >= 15 is 0 Å². The van der Waals surface area contributed by atoms with E-state index in [2.05, 4.69) is 15.4 Å². The standard InChI is InChI=1S/C16H19N5O4/c22-14(20-9-10-25-13(11-20)16(23)24)7-4-8-21-18-15(17-19-21)12-5-2-1-3-6-12/h1-3,5-6,13H,4,7-11H2,(H,23,24)/t13-/m0/s1. The molecular formula is C16H19N5O4. The number of aromatic nitrogens is 4. The van der Waals surface area contributed by atoms with Gasteiger partial charge in [0.25, 0.3) is 0 Å². The van der Waals surface area contributed by atoms with E-state index in [1.165, 1.54) is 9.70 Å². The number of aliphatic carboxylic acids is 1. The number of rotatable bonds is 6. The Balaban J connectivity index is 1.47. The summed E-state index contributed by atoms with van der Waals surface area (Å²) in [6.07, 6.45) is -0.0873. The summed E-state index contributed by atoms with van der Waals surface area (Å²) in [6.45, 7) is 1.22. The number of hydrogen-bond donors (Lipinski definition) is 1. The smallest absolute Gasteiger partial charge is 0.334 e. The predicted molar refractivity (Wildman–Crippen MR) is 86.4 cm³/mol. The highest BCUT2D eigenvalue weighted by molar-refractivity contribution is 5.78. The highest BCUT2D eigenvalue weighted by Crippen LogP contribution is 2.12. The minimum Gasteiger partial charge on any atom is -0.479 e. The molecule has 3 rings (SSSR count). The third kappa shape index (κ3) is 4.38. The van der Waals surface area contributed by atoms with Gasteiger partial charge in [-0.25, -0.2) is 4.79 Å². The van der Waals surface area contributed by atoms with Crippen molar-refractivity contribution in [1.82, 2.24) is 25.1 Å². The Bertz CT molecular complexity index is 733. The molecule has 9 heteroatoms. The first-order chi connectivity index (χ1) is 12.1. The lowest BCUT2D eigenvalue weighted by atomic mass is 10.2. The average Bonchev–Trinajstić information content (AvgIpc) is 3.11. The SMILES string of the molecule is O=C(O)[C@@H]1CN(C(=O)CCCn2nnc(-c3ccccc3)n2)CCO1. The maximum Gasteiger partial charge on any atom is 0.334 e. The molecule has 0 unspecified atom stereocenters. The molecule has 0 spiro atoms. The zero-order valence-corrected chi connectivity index (χ0v) is 13.6. The van der Waals surface area contributed by atoms with E-state index in [0.717, 1.165) is 5.56 Å². The molecule has 1 aromatic heterocycles. The molecule has 0 radical (unpaired) electrons. The van der Waals surface area contributed by atoms with Gasteiger partial charge >= 0.3 is 5.97 Å². The number of carboxylic acids is 1. The lowest BCUT2D eigenvalue weighted by Gasteiger charge is -2.30. The van der Waals surface area contributed by atoms with Crippen LogP contribution in [0.3, 0.4) is 0 Å². The number of carboxylic acid groups (broad SMARTS) is 1. The predicted octanol–water partition coefficient (Wildman–Crippen LogP) is 0.432. The summed E-state index contributed by atoms with van der Waals surface area (Å²) in [5, 5.41) is 21.3. The summed E-state index contributed by atoms with van der Waals surface area (Å²) in [7, 11) is 0. The van der Waals surface area contributed by atoms with Crippen molar-refractivity contribution in [2.45, 2.75) is 25.5 Å². The van der Waals surface area contributed by atoms with Crippen molar-refractivity contribution < 1.29 is 19.4 Å². The third-order valence-electron chi connectivity index (χ3n) is 3.93. The van der Waals surface area contributed by atoms with E-state index < -0.39 is 12.1 Å². The molecule has 1 amide bonds. The highest BCUT2D eigenvalue weighted by atomic mass is 16.5. The molecule has 9 nitrogen and oxygen atoms in total. The number of aryl methyl sites for hydroxylation is 1.